The minimum absolute atomic E-state index is 0.221. The predicted octanol–water partition coefficient (Wildman–Crippen LogP) is 1.59. The number of nitrogens with one attached hydrogen (secondary N) is 2. The molecular weight excluding hydrogens is 296 g/mol. The molecule has 0 aliphatic heterocycles. The molecule has 106 valence electrons. The van der Waals surface area contributed by atoms with Gasteiger partial charge in [0.2, 0.25) is 0 Å². The molecule has 1 fully saturated rings. The van der Waals surface area contributed by atoms with Crippen molar-refractivity contribution in [2.45, 2.75) is 29.6 Å². The maximum absolute atomic E-state index is 12.2. The Morgan fingerprint density at radius 2 is 2.15 bits per heavy atom. The fourth-order valence-electron chi connectivity index (χ4n) is 1.67. The first-order chi connectivity index (χ1) is 9.63. The zero-order valence-electron chi connectivity index (χ0n) is 10.6. The normalized spacial score (nSPS) is 15.2. The third-order valence-corrected chi connectivity index (χ3v) is 5.79. The molecule has 0 amide bonds. The standard InChI is InChI=1S/C12H14N4O2S2/c17-20(18,16-11-2-1-7-14-15-11)12-6-5-10(19-12)8-13-9-3-4-9/h1-2,5-7,9,13H,3-4,8H2,(H,15,16). The van der Waals surface area contributed by atoms with Gasteiger partial charge in [-0.25, -0.2) is 8.42 Å². The Morgan fingerprint density at radius 1 is 1.30 bits per heavy atom. The molecule has 0 spiro atoms. The number of thiophene rings is 1. The maximum atomic E-state index is 12.2. The van der Waals surface area contributed by atoms with E-state index in [-0.39, 0.29) is 10.0 Å². The molecule has 1 aliphatic rings. The predicted molar refractivity (Wildman–Crippen MR) is 77.0 cm³/mol. The molecule has 2 N–H and O–H groups in total. The van der Waals surface area contributed by atoms with Gasteiger partial charge in [-0.3, -0.25) is 4.72 Å². The van der Waals surface area contributed by atoms with Crippen molar-refractivity contribution in [3.63, 3.8) is 0 Å². The highest BCUT2D eigenvalue weighted by molar-refractivity contribution is 7.94. The molecule has 0 radical (unpaired) electrons. The van der Waals surface area contributed by atoms with Gasteiger partial charge < -0.3 is 5.32 Å². The van der Waals surface area contributed by atoms with E-state index in [1.807, 2.05) is 6.07 Å². The van der Waals surface area contributed by atoms with E-state index in [1.54, 1.807) is 18.2 Å². The Morgan fingerprint density at radius 3 is 2.85 bits per heavy atom. The summed E-state index contributed by atoms with van der Waals surface area (Å²) in [6.45, 7) is 0.718. The van der Waals surface area contributed by atoms with E-state index in [9.17, 15) is 8.42 Å². The number of aromatic nitrogens is 2. The summed E-state index contributed by atoms with van der Waals surface area (Å²) in [6, 6.07) is 7.26. The first-order valence-electron chi connectivity index (χ1n) is 6.26. The number of anilines is 1. The third-order valence-electron chi connectivity index (χ3n) is 2.86. The Balaban J connectivity index is 1.70. The summed E-state index contributed by atoms with van der Waals surface area (Å²) in [6.07, 6.45) is 3.92. The minimum atomic E-state index is -3.58. The van der Waals surface area contributed by atoms with Gasteiger partial charge in [0.05, 0.1) is 0 Å². The van der Waals surface area contributed by atoms with Crippen molar-refractivity contribution < 1.29 is 8.42 Å². The highest BCUT2D eigenvalue weighted by Gasteiger charge is 2.21. The molecule has 2 aromatic heterocycles. The summed E-state index contributed by atoms with van der Waals surface area (Å²) < 4.78 is 27.1. The number of sulfonamides is 1. The largest absolute Gasteiger partial charge is 0.309 e. The van der Waals surface area contributed by atoms with Crippen molar-refractivity contribution in [1.29, 1.82) is 0 Å². The number of rotatable bonds is 6. The van der Waals surface area contributed by atoms with Gasteiger partial charge in [-0.2, -0.15) is 5.10 Å². The molecule has 0 saturated heterocycles. The van der Waals surface area contributed by atoms with Crippen LogP contribution in [0.2, 0.25) is 0 Å². The molecule has 6 nitrogen and oxygen atoms in total. The highest BCUT2D eigenvalue weighted by Crippen LogP contribution is 2.25. The van der Waals surface area contributed by atoms with Crippen LogP contribution in [0.25, 0.3) is 0 Å². The fraction of sp³-hybridized carbons (Fsp3) is 0.333. The van der Waals surface area contributed by atoms with E-state index in [2.05, 4.69) is 20.2 Å². The van der Waals surface area contributed by atoms with Crippen LogP contribution >= 0.6 is 11.3 Å². The number of nitrogens with zero attached hydrogens (tertiary/aromatic N) is 2. The molecule has 2 heterocycles. The lowest BCUT2D eigenvalue weighted by Gasteiger charge is -2.03. The van der Waals surface area contributed by atoms with Crippen LogP contribution in [-0.2, 0) is 16.6 Å². The zero-order valence-corrected chi connectivity index (χ0v) is 12.2. The molecule has 0 atom stereocenters. The Hall–Kier alpha value is -1.51. The van der Waals surface area contributed by atoms with Gasteiger partial charge >= 0.3 is 0 Å². The lowest BCUT2D eigenvalue weighted by Crippen LogP contribution is -2.14. The highest BCUT2D eigenvalue weighted by atomic mass is 32.2. The number of hydrogen-bond acceptors (Lipinski definition) is 6. The van der Waals surface area contributed by atoms with E-state index in [0.29, 0.717) is 6.04 Å². The van der Waals surface area contributed by atoms with E-state index in [4.69, 9.17) is 0 Å². The first kappa shape index (κ1) is 13.5. The van der Waals surface area contributed by atoms with Crippen molar-refractivity contribution in [2.75, 3.05) is 4.72 Å². The molecule has 20 heavy (non-hydrogen) atoms. The molecule has 0 unspecified atom stereocenters. The summed E-state index contributed by atoms with van der Waals surface area (Å²) in [5.41, 5.74) is 0. The van der Waals surface area contributed by atoms with Crippen molar-refractivity contribution in [1.82, 2.24) is 15.5 Å². The van der Waals surface area contributed by atoms with Gasteiger partial charge in [-0.1, -0.05) is 0 Å². The molecule has 0 bridgehead atoms. The van der Waals surface area contributed by atoms with Crippen molar-refractivity contribution in [2.24, 2.45) is 0 Å². The Labute approximate surface area is 121 Å². The van der Waals surface area contributed by atoms with Gasteiger partial charge in [0, 0.05) is 23.7 Å². The summed E-state index contributed by atoms with van der Waals surface area (Å²) in [7, 11) is -3.58. The Bertz CT molecular complexity index is 680. The van der Waals surface area contributed by atoms with E-state index >= 15 is 0 Å². The zero-order chi connectivity index (χ0) is 14.0. The van der Waals surface area contributed by atoms with E-state index in [0.717, 1.165) is 11.4 Å². The second-order valence-electron chi connectivity index (χ2n) is 4.59. The first-order valence-corrected chi connectivity index (χ1v) is 8.56. The maximum Gasteiger partial charge on any atom is 0.272 e. The van der Waals surface area contributed by atoms with Crippen molar-refractivity contribution in [3.05, 3.63) is 35.3 Å². The number of hydrogen-bond donors (Lipinski definition) is 2. The molecule has 1 saturated carbocycles. The van der Waals surface area contributed by atoms with E-state index in [1.165, 1.54) is 30.4 Å². The summed E-state index contributed by atoms with van der Waals surface area (Å²) in [4.78, 5) is 1.01. The van der Waals surface area contributed by atoms with Gasteiger partial charge in [-0.15, -0.1) is 16.4 Å². The van der Waals surface area contributed by atoms with Crippen LogP contribution in [0.4, 0.5) is 5.82 Å². The molecule has 8 heteroatoms. The minimum Gasteiger partial charge on any atom is -0.309 e. The SMILES string of the molecule is O=S(=O)(Nc1cccnn1)c1ccc(CNC2CC2)s1. The van der Waals surface area contributed by atoms with Crippen LogP contribution in [-0.4, -0.2) is 24.7 Å². The van der Waals surface area contributed by atoms with Gasteiger partial charge in [0.1, 0.15) is 4.21 Å². The fourth-order valence-corrected chi connectivity index (χ4v) is 3.98. The van der Waals surface area contributed by atoms with Crippen LogP contribution in [0.3, 0.4) is 0 Å². The van der Waals surface area contributed by atoms with E-state index < -0.39 is 10.0 Å². The van der Waals surface area contributed by atoms with Crippen LogP contribution in [0.1, 0.15) is 17.7 Å². The topological polar surface area (TPSA) is 84.0 Å². The third kappa shape index (κ3) is 3.33. The molecule has 1 aliphatic carbocycles. The second kappa shape index (κ2) is 5.47. The van der Waals surface area contributed by atoms with Crippen LogP contribution < -0.4 is 10.0 Å². The monoisotopic (exact) mass is 310 g/mol. The van der Waals surface area contributed by atoms with Crippen LogP contribution in [0.5, 0.6) is 0 Å². The second-order valence-corrected chi connectivity index (χ2v) is 7.67. The molecule has 0 aromatic carbocycles. The van der Waals surface area contributed by atoms with Gasteiger partial charge in [0.25, 0.3) is 10.0 Å². The lowest BCUT2D eigenvalue weighted by atomic mass is 10.4. The van der Waals surface area contributed by atoms with Gasteiger partial charge in [0.15, 0.2) is 5.82 Å². The summed E-state index contributed by atoms with van der Waals surface area (Å²) in [5.74, 6) is 0.221. The molecule has 3 rings (SSSR count). The van der Waals surface area contributed by atoms with Crippen LogP contribution in [0.15, 0.2) is 34.7 Å². The summed E-state index contributed by atoms with van der Waals surface area (Å²) in [5, 5.41) is 10.7. The van der Waals surface area contributed by atoms with Crippen molar-refractivity contribution >= 4 is 27.2 Å². The molecule has 2 aromatic rings. The van der Waals surface area contributed by atoms with Gasteiger partial charge in [-0.05, 0) is 37.1 Å². The van der Waals surface area contributed by atoms with Crippen LogP contribution in [0, 0.1) is 0 Å². The average Bonchev–Trinajstić information content (AvgIpc) is 3.13. The van der Waals surface area contributed by atoms with Crippen molar-refractivity contribution in [3.8, 4) is 0 Å². The smallest absolute Gasteiger partial charge is 0.272 e. The Kier molecular flexibility index (Phi) is 3.68. The summed E-state index contributed by atoms with van der Waals surface area (Å²) >= 11 is 1.27. The molecular formula is C12H14N4O2S2. The lowest BCUT2D eigenvalue weighted by molar-refractivity contribution is 0.603. The quantitative estimate of drug-likeness (QED) is 0.846. The average molecular weight is 310 g/mol.